The lowest BCUT2D eigenvalue weighted by molar-refractivity contribution is -0.139. The van der Waals surface area contributed by atoms with Crippen molar-refractivity contribution in [2.24, 2.45) is 0 Å². The topological polar surface area (TPSA) is 91.6 Å². The molecule has 0 spiro atoms. The molecule has 1 atom stereocenters. The second-order valence-electron chi connectivity index (χ2n) is 3.64. The largest absolute Gasteiger partial charge is 0.480 e. The number of amides is 2. The Morgan fingerprint density at radius 3 is 2.89 bits per heavy atom. The molecule has 0 aliphatic rings. The normalized spacial score (nSPS) is 11.6. The molecule has 1 aromatic heterocycles. The number of hydrogen-bond acceptors (Lipinski definition) is 3. The highest BCUT2D eigenvalue weighted by molar-refractivity contribution is 5.82. The SMILES string of the molecule is C=CCC(NC(=O)NCCc1ccco1)C(=O)O. The van der Waals surface area contributed by atoms with Crippen molar-refractivity contribution in [1.82, 2.24) is 10.6 Å². The summed E-state index contributed by atoms with van der Waals surface area (Å²) in [6.45, 7) is 3.81. The highest BCUT2D eigenvalue weighted by Crippen LogP contribution is 1.99. The molecule has 0 bridgehead atoms. The van der Waals surface area contributed by atoms with Crippen LogP contribution >= 0.6 is 0 Å². The zero-order valence-corrected chi connectivity index (χ0v) is 9.89. The van der Waals surface area contributed by atoms with Crippen LogP contribution in [0.1, 0.15) is 12.2 Å². The molecule has 0 fully saturated rings. The van der Waals surface area contributed by atoms with Crippen LogP contribution in [-0.2, 0) is 11.2 Å². The zero-order chi connectivity index (χ0) is 13.4. The van der Waals surface area contributed by atoms with Gasteiger partial charge in [0.1, 0.15) is 11.8 Å². The molecule has 0 saturated heterocycles. The van der Waals surface area contributed by atoms with Crippen LogP contribution in [0.25, 0.3) is 0 Å². The van der Waals surface area contributed by atoms with E-state index in [9.17, 15) is 9.59 Å². The summed E-state index contributed by atoms with van der Waals surface area (Å²) in [6, 6.07) is 2.10. The summed E-state index contributed by atoms with van der Waals surface area (Å²) in [4.78, 5) is 22.2. The summed E-state index contributed by atoms with van der Waals surface area (Å²) in [5.74, 6) is -0.327. The molecule has 1 unspecified atom stereocenters. The van der Waals surface area contributed by atoms with E-state index in [1.807, 2.05) is 0 Å². The first-order chi connectivity index (χ1) is 8.63. The molecule has 1 rings (SSSR count). The van der Waals surface area contributed by atoms with Crippen LogP contribution in [-0.4, -0.2) is 29.7 Å². The molecule has 0 aliphatic heterocycles. The molecule has 0 radical (unpaired) electrons. The number of carboxylic acids is 1. The first kappa shape index (κ1) is 13.8. The van der Waals surface area contributed by atoms with Gasteiger partial charge in [-0.05, 0) is 18.6 Å². The van der Waals surface area contributed by atoms with E-state index in [0.717, 1.165) is 5.76 Å². The molecule has 0 saturated carbocycles. The maximum Gasteiger partial charge on any atom is 0.326 e. The van der Waals surface area contributed by atoms with Crippen LogP contribution < -0.4 is 10.6 Å². The highest BCUT2D eigenvalue weighted by Gasteiger charge is 2.17. The van der Waals surface area contributed by atoms with E-state index in [0.29, 0.717) is 13.0 Å². The lowest BCUT2D eigenvalue weighted by Crippen LogP contribution is -2.46. The lowest BCUT2D eigenvalue weighted by atomic mass is 10.2. The molecule has 3 N–H and O–H groups in total. The molecule has 98 valence electrons. The smallest absolute Gasteiger partial charge is 0.326 e. The van der Waals surface area contributed by atoms with Gasteiger partial charge in [-0.25, -0.2) is 9.59 Å². The van der Waals surface area contributed by atoms with E-state index >= 15 is 0 Å². The number of hydrogen-bond donors (Lipinski definition) is 3. The predicted octanol–water partition coefficient (Wildman–Crippen LogP) is 1.15. The predicted molar refractivity (Wildman–Crippen MR) is 65.2 cm³/mol. The van der Waals surface area contributed by atoms with Gasteiger partial charge in [0.05, 0.1) is 6.26 Å². The summed E-state index contributed by atoms with van der Waals surface area (Å²) in [6.07, 6.45) is 3.74. The molecular formula is C12H16N2O4. The van der Waals surface area contributed by atoms with Crippen molar-refractivity contribution in [3.05, 3.63) is 36.8 Å². The molecule has 0 aromatic carbocycles. The summed E-state index contributed by atoms with van der Waals surface area (Å²) < 4.78 is 5.09. The van der Waals surface area contributed by atoms with Crippen molar-refractivity contribution >= 4 is 12.0 Å². The Hall–Kier alpha value is -2.24. The Morgan fingerprint density at radius 1 is 1.56 bits per heavy atom. The van der Waals surface area contributed by atoms with Crippen molar-refractivity contribution < 1.29 is 19.1 Å². The third-order valence-electron chi connectivity index (χ3n) is 2.24. The van der Waals surface area contributed by atoms with E-state index in [1.54, 1.807) is 18.4 Å². The van der Waals surface area contributed by atoms with Crippen LogP contribution in [0, 0.1) is 0 Å². The van der Waals surface area contributed by atoms with Gasteiger partial charge < -0.3 is 20.2 Å². The minimum absolute atomic E-state index is 0.181. The second-order valence-corrected chi connectivity index (χ2v) is 3.64. The van der Waals surface area contributed by atoms with Crippen LogP contribution in [0.5, 0.6) is 0 Å². The molecular weight excluding hydrogens is 236 g/mol. The van der Waals surface area contributed by atoms with Crippen molar-refractivity contribution in [3.63, 3.8) is 0 Å². The fraction of sp³-hybridized carbons (Fsp3) is 0.333. The monoisotopic (exact) mass is 252 g/mol. The van der Waals surface area contributed by atoms with Gasteiger partial charge in [0, 0.05) is 13.0 Å². The Morgan fingerprint density at radius 2 is 2.33 bits per heavy atom. The van der Waals surface area contributed by atoms with Gasteiger partial charge >= 0.3 is 12.0 Å². The van der Waals surface area contributed by atoms with Gasteiger partial charge in [0.15, 0.2) is 0 Å². The number of urea groups is 1. The Balaban J connectivity index is 2.27. The molecule has 0 aliphatic carbocycles. The summed E-state index contributed by atoms with van der Waals surface area (Å²) in [5.41, 5.74) is 0. The van der Waals surface area contributed by atoms with Crippen LogP contribution in [0.2, 0.25) is 0 Å². The third-order valence-corrected chi connectivity index (χ3v) is 2.24. The summed E-state index contributed by atoms with van der Waals surface area (Å²) in [5, 5.41) is 13.7. The van der Waals surface area contributed by atoms with Gasteiger partial charge in [-0.2, -0.15) is 0 Å². The van der Waals surface area contributed by atoms with E-state index in [4.69, 9.17) is 9.52 Å². The van der Waals surface area contributed by atoms with E-state index in [-0.39, 0.29) is 6.42 Å². The number of nitrogens with one attached hydrogen (secondary N) is 2. The minimum atomic E-state index is -1.09. The Labute approximate surface area is 105 Å². The second kappa shape index (κ2) is 7.16. The quantitative estimate of drug-likeness (QED) is 0.635. The van der Waals surface area contributed by atoms with E-state index in [1.165, 1.54) is 6.08 Å². The van der Waals surface area contributed by atoms with Crippen LogP contribution in [0.4, 0.5) is 4.79 Å². The molecule has 6 heteroatoms. The van der Waals surface area contributed by atoms with Crippen LogP contribution in [0.3, 0.4) is 0 Å². The molecule has 1 aromatic rings. The first-order valence-electron chi connectivity index (χ1n) is 5.54. The van der Waals surface area contributed by atoms with Gasteiger partial charge in [-0.1, -0.05) is 6.08 Å². The molecule has 6 nitrogen and oxygen atoms in total. The number of carbonyl (C=O) groups is 2. The van der Waals surface area contributed by atoms with Gasteiger partial charge in [-0.15, -0.1) is 6.58 Å². The average Bonchev–Trinajstić information content (AvgIpc) is 2.81. The minimum Gasteiger partial charge on any atom is -0.480 e. The number of furan rings is 1. The van der Waals surface area contributed by atoms with Gasteiger partial charge in [0.2, 0.25) is 0 Å². The van der Waals surface area contributed by atoms with E-state index in [2.05, 4.69) is 17.2 Å². The highest BCUT2D eigenvalue weighted by atomic mass is 16.4. The fourth-order valence-electron chi connectivity index (χ4n) is 1.35. The average molecular weight is 252 g/mol. The number of aliphatic carboxylic acids is 1. The maximum absolute atomic E-state index is 11.4. The van der Waals surface area contributed by atoms with Gasteiger partial charge in [0.25, 0.3) is 0 Å². The molecule has 2 amide bonds. The fourth-order valence-corrected chi connectivity index (χ4v) is 1.35. The van der Waals surface area contributed by atoms with Crippen LogP contribution in [0.15, 0.2) is 35.5 Å². The van der Waals surface area contributed by atoms with Gasteiger partial charge in [-0.3, -0.25) is 0 Å². The summed E-state index contributed by atoms with van der Waals surface area (Å²) in [7, 11) is 0. The first-order valence-corrected chi connectivity index (χ1v) is 5.54. The number of rotatable bonds is 7. The molecule has 1 heterocycles. The molecule has 18 heavy (non-hydrogen) atoms. The lowest BCUT2D eigenvalue weighted by Gasteiger charge is -2.13. The van der Waals surface area contributed by atoms with Crippen molar-refractivity contribution in [3.8, 4) is 0 Å². The Bertz CT molecular complexity index is 400. The third kappa shape index (κ3) is 4.73. The maximum atomic E-state index is 11.4. The number of carbonyl (C=O) groups excluding carboxylic acids is 1. The van der Waals surface area contributed by atoms with Crippen molar-refractivity contribution in [2.45, 2.75) is 18.9 Å². The standard InChI is InChI=1S/C12H16N2O4/c1-2-4-10(11(15)16)14-12(17)13-7-6-9-5-3-8-18-9/h2-3,5,8,10H,1,4,6-7H2,(H,15,16)(H2,13,14,17). The number of carboxylic acid groups (broad SMARTS) is 1. The zero-order valence-electron chi connectivity index (χ0n) is 9.89. The van der Waals surface area contributed by atoms with Crippen molar-refractivity contribution in [2.75, 3.05) is 6.54 Å². The summed E-state index contributed by atoms with van der Waals surface area (Å²) >= 11 is 0. The van der Waals surface area contributed by atoms with E-state index < -0.39 is 18.0 Å². The Kier molecular flexibility index (Phi) is 5.50. The van der Waals surface area contributed by atoms with Crippen molar-refractivity contribution in [1.29, 1.82) is 0 Å².